The van der Waals surface area contributed by atoms with E-state index in [1.807, 2.05) is 6.07 Å². The van der Waals surface area contributed by atoms with E-state index < -0.39 is 5.97 Å². The van der Waals surface area contributed by atoms with E-state index in [9.17, 15) is 9.90 Å². The lowest BCUT2D eigenvalue weighted by atomic mass is 9.79. The van der Waals surface area contributed by atoms with E-state index in [4.69, 9.17) is 23.2 Å². The van der Waals surface area contributed by atoms with Gasteiger partial charge in [0.2, 0.25) is 0 Å². The summed E-state index contributed by atoms with van der Waals surface area (Å²) in [5, 5.41) is 10.0. The number of fused-ring (bicyclic) bond motifs is 1. The van der Waals surface area contributed by atoms with E-state index in [1.165, 1.54) is 23.4 Å². The van der Waals surface area contributed by atoms with Crippen LogP contribution in [0.1, 0.15) is 61.5 Å². The first kappa shape index (κ1) is 20.7. The van der Waals surface area contributed by atoms with E-state index >= 15 is 0 Å². The molecule has 1 aliphatic heterocycles. The van der Waals surface area contributed by atoms with Crippen molar-refractivity contribution in [2.24, 2.45) is 4.99 Å². The standard InChI is InChI=1S/C22H24Cl2N2O2/c1-5-26-20-10-19(24)14(8-16(20)13(2)11-22(26,3)4)12-25-15-6-7-18(23)17(9-15)21(27)28/h6-10,12-13H,5,11H2,1-4H3,(H,27,28). The van der Waals surface area contributed by atoms with Crippen LogP contribution in [0.4, 0.5) is 11.4 Å². The lowest BCUT2D eigenvalue weighted by Crippen LogP contribution is -2.48. The Morgan fingerprint density at radius 3 is 2.64 bits per heavy atom. The van der Waals surface area contributed by atoms with Gasteiger partial charge in [-0.25, -0.2) is 4.79 Å². The molecule has 0 aromatic heterocycles. The SMILES string of the molecule is CCN1c2cc(Cl)c(C=Nc3ccc(Cl)c(C(=O)O)c3)cc2C(C)CC1(C)C. The van der Waals surface area contributed by atoms with Crippen LogP contribution in [0.3, 0.4) is 0 Å². The molecule has 1 aliphatic rings. The number of benzene rings is 2. The molecule has 0 amide bonds. The van der Waals surface area contributed by atoms with Crippen molar-refractivity contribution in [1.29, 1.82) is 0 Å². The van der Waals surface area contributed by atoms with Crippen molar-refractivity contribution in [3.63, 3.8) is 0 Å². The van der Waals surface area contributed by atoms with Crippen LogP contribution in [0.5, 0.6) is 0 Å². The summed E-state index contributed by atoms with van der Waals surface area (Å²) in [5.74, 6) is -0.670. The minimum absolute atomic E-state index is 0.0299. The predicted octanol–water partition coefficient (Wildman–Crippen LogP) is 6.55. The Labute approximate surface area is 175 Å². The summed E-state index contributed by atoms with van der Waals surface area (Å²) in [6.45, 7) is 9.84. The maximum atomic E-state index is 11.2. The second kappa shape index (κ2) is 7.76. The van der Waals surface area contributed by atoms with Crippen LogP contribution < -0.4 is 4.90 Å². The Kier molecular flexibility index (Phi) is 5.74. The van der Waals surface area contributed by atoms with Gasteiger partial charge in [0.1, 0.15) is 0 Å². The highest BCUT2D eigenvalue weighted by molar-refractivity contribution is 6.34. The van der Waals surface area contributed by atoms with Crippen molar-refractivity contribution in [3.8, 4) is 0 Å². The normalized spacial score (nSPS) is 18.4. The average molecular weight is 419 g/mol. The Morgan fingerprint density at radius 2 is 2.00 bits per heavy atom. The molecular weight excluding hydrogens is 395 g/mol. The molecule has 1 atom stereocenters. The zero-order valence-corrected chi connectivity index (χ0v) is 18.0. The third kappa shape index (κ3) is 3.89. The van der Waals surface area contributed by atoms with Gasteiger partial charge >= 0.3 is 5.97 Å². The summed E-state index contributed by atoms with van der Waals surface area (Å²) in [7, 11) is 0. The zero-order valence-electron chi connectivity index (χ0n) is 16.5. The van der Waals surface area contributed by atoms with E-state index in [0.29, 0.717) is 16.6 Å². The predicted molar refractivity (Wildman–Crippen MR) is 117 cm³/mol. The van der Waals surface area contributed by atoms with Gasteiger partial charge in [-0.1, -0.05) is 30.1 Å². The highest BCUT2D eigenvalue weighted by Crippen LogP contribution is 2.44. The number of halogens is 2. The molecule has 2 aromatic rings. The summed E-state index contributed by atoms with van der Waals surface area (Å²) in [6.07, 6.45) is 2.74. The number of aromatic carboxylic acids is 1. The van der Waals surface area contributed by atoms with Crippen LogP contribution in [-0.4, -0.2) is 29.4 Å². The smallest absolute Gasteiger partial charge is 0.337 e. The Hall–Kier alpha value is -2.04. The molecule has 1 unspecified atom stereocenters. The van der Waals surface area contributed by atoms with Gasteiger partial charge in [-0.2, -0.15) is 0 Å². The maximum Gasteiger partial charge on any atom is 0.337 e. The fourth-order valence-corrected chi connectivity index (χ4v) is 4.53. The van der Waals surface area contributed by atoms with Crippen LogP contribution in [0.2, 0.25) is 10.0 Å². The number of hydrogen-bond donors (Lipinski definition) is 1. The van der Waals surface area contributed by atoms with Gasteiger partial charge in [0.15, 0.2) is 0 Å². The van der Waals surface area contributed by atoms with Gasteiger partial charge < -0.3 is 10.0 Å². The van der Waals surface area contributed by atoms with Gasteiger partial charge in [0, 0.05) is 29.5 Å². The second-order valence-corrected chi connectivity index (χ2v) is 8.64. The Morgan fingerprint density at radius 1 is 1.29 bits per heavy atom. The number of hydrogen-bond acceptors (Lipinski definition) is 3. The summed E-state index contributed by atoms with van der Waals surface area (Å²) in [4.78, 5) is 18.1. The fourth-order valence-electron chi connectivity index (χ4n) is 4.12. The molecule has 4 nitrogen and oxygen atoms in total. The van der Waals surface area contributed by atoms with Crippen molar-refractivity contribution in [3.05, 3.63) is 57.1 Å². The molecule has 1 N–H and O–H groups in total. The lowest BCUT2D eigenvalue weighted by Gasteiger charge is -2.47. The van der Waals surface area contributed by atoms with Crippen molar-refractivity contribution >= 4 is 46.8 Å². The molecule has 6 heteroatoms. The highest BCUT2D eigenvalue weighted by atomic mass is 35.5. The summed E-state index contributed by atoms with van der Waals surface area (Å²) in [5.41, 5.74) is 3.87. The lowest BCUT2D eigenvalue weighted by molar-refractivity contribution is 0.0697. The molecule has 0 fully saturated rings. The highest BCUT2D eigenvalue weighted by Gasteiger charge is 2.35. The molecule has 0 saturated carbocycles. The van der Waals surface area contributed by atoms with Crippen LogP contribution in [0.25, 0.3) is 0 Å². The van der Waals surface area contributed by atoms with Crippen LogP contribution in [-0.2, 0) is 0 Å². The van der Waals surface area contributed by atoms with Gasteiger partial charge in [-0.15, -0.1) is 0 Å². The largest absolute Gasteiger partial charge is 0.478 e. The van der Waals surface area contributed by atoms with Gasteiger partial charge in [-0.05, 0) is 69.0 Å². The third-order valence-electron chi connectivity index (χ3n) is 5.35. The molecule has 0 aliphatic carbocycles. The first-order valence-electron chi connectivity index (χ1n) is 9.32. The quantitative estimate of drug-likeness (QED) is 0.572. The molecule has 0 bridgehead atoms. The average Bonchev–Trinajstić information content (AvgIpc) is 2.60. The number of anilines is 1. The van der Waals surface area contributed by atoms with Crippen molar-refractivity contribution in [2.75, 3.05) is 11.4 Å². The molecule has 28 heavy (non-hydrogen) atoms. The molecule has 0 radical (unpaired) electrons. The van der Waals surface area contributed by atoms with Crippen molar-refractivity contribution in [1.82, 2.24) is 0 Å². The summed E-state index contributed by atoms with van der Waals surface area (Å²) < 4.78 is 0. The van der Waals surface area contributed by atoms with E-state index in [2.05, 4.69) is 43.7 Å². The molecular formula is C22H24Cl2N2O2. The number of aliphatic imine (C=N–C) groups is 1. The Balaban J connectivity index is 1.99. The van der Waals surface area contributed by atoms with Gasteiger partial charge in [0.25, 0.3) is 0 Å². The number of carboxylic acid groups (broad SMARTS) is 1. The third-order valence-corrected chi connectivity index (χ3v) is 6.01. The van der Waals surface area contributed by atoms with Crippen LogP contribution in [0, 0.1) is 0 Å². The molecule has 1 heterocycles. The number of carbonyl (C=O) groups is 1. The zero-order chi connectivity index (χ0) is 20.6. The van der Waals surface area contributed by atoms with E-state index in [-0.39, 0.29) is 16.1 Å². The monoisotopic (exact) mass is 418 g/mol. The van der Waals surface area contributed by atoms with Crippen molar-refractivity contribution in [2.45, 2.75) is 45.6 Å². The summed E-state index contributed by atoms with van der Waals surface area (Å²) >= 11 is 12.5. The molecule has 0 spiro atoms. The van der Waals surface area contributed by atoms with Crippen LogP contribution >= 0.6 is 23.2 Å². The van der Waals surface area contributed by atoms with Gasteiger partial charge in [0.05, 0.1) is 21.3 Å². The topological polar surface area (TPSA) is 52.9 Å². The molecule has 3 rings (SSSR count). The van der Waals surface area contributed by atoms with E-state index in [1.54, 1.807) is 12.3 Å². The maximum absolute atomic E-state index is 11.2. The van der Waals surface area contributed by atoms with Crippen molar-refractivity contribution < 1.29 is 9.90 Å². The Bertz CT molecular complexity index is 954. The number of rotatable bonds is 4. The molecule has 0 saturated heterocycles. The second-order valence-electron chi connectivity index (χ2n) is 7.82. The van der Waals surface area contributed by atoms with Gasteiger partial charge in [-0.3, -0.25) is 4.99 Å². The minimum atomic E-state index is -1.08. The fraction of sp³-hybridized carbons (Fsp3) is 0.364. The summed E-state index contributed by atoms with van der Waals surface area (Å²) in [6, 6.07) is 8.79. The number of nitrogens with zero attached hydrogens (tertiary/aromatic N) is 2. The van der Waals surface area contributed by atoms with E-state index in [0.717, 1.165) is 18.5 Å². The molecule has 148 valence electrons. The first-order valence-corrected chi connectivity index (χ1v) is 10.1. The van der Waals surface area contributed by atoms with Crippen LogP contribution in [0.15, 0.2) is 35.3 Å². The molecule has 2 aromatic carbocycles. The first-order chi connectivity index (χ1) is 13.1. The number of carboxylic acids is 1. The minimum Gasteiger partial charge on any atom is -0.478 e.